The number of fused-ring (bicyclic) bond motifs is 1. The van der Waals surface area contributed by atoms with Crippen molar-refractivity contribution in [1.29, 1.82) is 0 Å². The molecule has 0 spiro atoms. The van der Waals surface area contributed by atoms with Crippen LogP contribution in [-0.4, -0.2) is 18.0 Å². The quantitative estimate of drug-likeness (QED) is 0.879. The Balaban J connectivity index is 2.23. The van der Waals surface area contributed by atoms with E-state index in [1.54, 1.807) is 0 Å². The highest BCUT2D eigenvalue weighted by atomic mass is 32.1. The zero-order chi connectivity index (χ0) is 10.8. The molecular formula is C9H7F3N2S. The van der Waals surface area contributed by atoms with Crippen molar-refractivity contribution in [3.8, 4) is 0 Å². The zero-order valence-electron chi connectivity index (χ0n) is 7.51. The highest BCUT2D eigenvalue weighted by Crippen LogP contribution is 2.26. The second-order valence-electron chi connectivity index (χ2n) is 2.90. The van der Waals surface area contributed by atoms with Crippen molar-refractivity contribution in [2.75, 3.05) is 11.9 Å². The monoisotopic (exact) mass is 232 g/mol. The largest absolute Gasteiger partial charge is 0.356 e. The van der Waals surface area contributed by atoms with Crippen LogP contribution in [0.5, 0.6) is 0 Å². The lowest BCUT2D eigenvalue weighted by atomic mass is 10.3. The molecule has 0 aliphatic carbocycles. The van der Waals surface area contributed by atoms with Gasteiger partial charge < -0.3 is 5.32 Å². The summed E-state index contributed by atoms with van der Waals surface area (Å²) in [6.45, 7) is -0.442. The maximum Gasteiger partial charge on any atom is 0.255 e. The third-order valence-electron chi connectivity index (χ3n) is 1.76. The molecule has 6 heteroatoms. The molecular weight excluding hydrogens is 225 g/mol. The van der Waals surface area contributed by atoms with Gasteiger partial charge in [0.1, 0.15) is 5.82 Å². The molecule has 2 aromatic rings. The van der Waals surface area contributed by atoms with E-state index < -0.39 is 13.0 Å². The van der Waals surface area contributed by atoms with E-state index in [4.69, 9.17) is 0 Å². The minimum absolute atomic E-state index is 0.355. The SMILES string of the molecule is Fc1ccc2nc(NCC(F)F)sc2c1. The number of rotatable bonds is 3. The topological polar surface area (TPSA) is 24.9 Å². The Morgan fingerprint density at radius 3 is 2.93 bits per heavy atom. The molecule has 0 fully saturated rings. The first-order chi connectivity index (χ1) is 7.15. The fraction of sp³-hybridized carbons (Fsp3) is 0.222. The van der Waals surface area contributed by atoms with Crippen LogP contribution in [0.3, 0.4) is 0 Å². The fourth-order valence-electron chi connectivity index (χ4n) is 1.14. The van der Waals surface area contributed by atoms with Gasteiger partial charge in [-0.05, 0) is 18.2 Å². The van der Waals surface area contributed by atoms with Crippen LogP contribution in [0.25, 0.3) is 10.2 Å². The first-order valence-corrected chi connectivity index (χ1v) is 5.05. The summed E-state index contributed by atoms with van der Waals surface area (Å²) in [6.07, 6.45) is -2.42. The summed E-state index contributed by atoms with van der Waals surface area (Å²) in [7, 11) is 0. The van der Waals surface area contributed by atoms with Crippen molar-refractivity contribution in [3.05, 3.63) is 24.0 Å². The van der Waals surface area contributed by atoms with Gasteiger partial charge in [0.05, 0.1) is 16.8 Å². The van der Waals surface area contributed by atoms with Gasteiger partial charge in [0.2, 0.25) is 0 Å². The van der Waals surface area contributed by atoms with Gasteiger partial charge in [-0.1, -0.05) is 11.3 Å². The molecule has 0 radical (unpaired) electrons. The van der Waals surface area contributed by atoms with Crippen LogP contribution in [0.2, 0.25) is 0 Å². The van der Waals surface area contributed by atoms with Crippen LogP contribution in [-0.2, 0) is 0 Å². The number of nitrogens with zero attached hydrogens (tertiary/aromatic N) is 1. The molecule has 2 rings (SSSR count). The second-order valence-corrected chi connectivity index (χ2v) is 3.93. The van der Waals surface area contributed by atoms with Gasteiger partial charge in [-0.15, -0.1) is 0 Å². The molecule has 0 atom stereocenters. The number of aromatic nitrogens is 1. The average Bonchev–Trinajstić information content (AvgIpc) is 2.56. The predicted molar refractivity (Wildman–Crippen MR) is 54.1 cm³/mol. The van der Waals surface area contributed by atoms with Crippen LogP contribution in [0.1, 0.15) is 0 Å². The highest BCUT2D eigenvalue weighted by Gasteiger charge is 2.06. The molecule has 1 heterocycles. The van der Waals surface area contributed by atoms with Gasteiger partial charge in [-0.3, -0.25) is 0 Å². The molecule has 1 aromatic heterocycles. The molecule has 1 N–H and O–H groups in total. The Bertz CT molecular complexity index is 469. The Kier molecular flexibility index (Phi) is 2.77. The van der Waals surface area contributed by atoms with Crippen molar-refractivity contribution in [2.45, 2.75) is 6.43 Å². The van der Waals surface area contributed by atoms with E-state index in [9.17, 15) is 13.2 Å². The van der Waals surface area contributed by atoms with E-state index in [0.29, 0.717) is 15.3 Å². The second kappa shape index (κ2) is 4.06. The molecule has 0 saturated carbocycles. The molecule has 0 aliphatic heterocycles. The van der Waals surface area contributed by atoms with Gasteiger partial charge in [0.25, 0.3) is 6.43 Å². The summed E-state index contributed by atoms with van der Waals surface area (Å²) < 4.78 is 37.2. The van der Waals surface area contributed by atoms with Gasteiger partial charge >= 0.3 is 0 Å². The fourth-order valence-corrected chi connectivity index (χ4v) is 2.04. The Hall–Kier alpha value is -1.30. The molecule has 0 amide bonds. The van der Waals surface area contributed by atoms with Crippen LogP contribution < -0.4 is 5.32 Å². The first kappa shape index (κ1) is 10.2. The minimum atomic E-state index is -2.42. The molecule has 0 aliphatic rings. The summed E-state index contributed by atoms with van der Waals surface area (Å²) in [5, 5.41) is 2.87. The number of hydrogen-bond donors (Lipinski definition) is 1. The lowest BCUT2D eigenvalue weighted by Gasteiger charge is -1.98. The summed E-state index contributed by atoms with van der Waals surface area (Å²) in [4.78, 5) is 4.03. The van der Waals surface area contributed by atoms with Crippen LogP contribution in [0.15, 0.2) is 18.2 Å². The van der Waals surface area contributed by atoms with E-state index in [1.807, 2.05) is 0 Å². The van der Waals surface area contributed by atoms with Crippen molar-refractivity contribution in [1.82, 2.24) is 4.98 Å². The zero-order valence-corrected chi connectivity index (χ0v) is 8.32. The summed E-state index contributed by atoms with van der Waals surface area (Å²) in [6, 6.07) is 4.15. The van der Waals surface area contributed by atoms with Gasteiger partial charge in [-0.2, -0.15) is 0 Å². The molecule has 0 bridgehead atoms. The molecule has 0 unspecified atom stereocenters. The summed E-state index contributed by atoms with van der Waals surface area (Å²) in [5.41, 5.74) is 0.609. The van der Waals surface area contributed by atoms with Crippen molar-refractivity contribution >= 4 is 26.7 Å². The normalized spacial score (nSPS) is 11.2. The number of halogens is 3. The summed E-state index contributed by atoms with van der Waals surface area (Å²) >= 11 is 1.16. The lowest BCUT2D eigenvalue weighted by molar-refractivity contribution is 0.163. The van der Waals surface area contributed by atoms with Gasteiger partial charge in [0.15, 0.2) is 5.13 Å². The minimum Gasteiger partial charge on any atom is -0.356 e. The maximum absolute atomic E-state index is 12.8. The standard InChI is InChI=1S/C9H7F3N2S/c10-5-1-2-6-7(3-5)15-9(14-6)13-4-8(11)12/h1-3,8H,4H2,(H,13,14). The van der Waals surface area contributed by atoms with E-state index in [-0.39, 0.29) is 5.82 Å². The van der Waals surface area contributed by atoms with E-state index in [1.165, 1.54) is 18.2 Å². The average molecular weight is 232 g/mol. The number of benzene rings is 1. The molecule has 15 heavy (non-hydrogen) atoms. The number of nitrogens with one attached hydrogen (secondary N) is 1. The lowest BCUT2D eigenvalue weighted by Crippen LogP contribution is -2.09. The number of anilines is 1. The first-order valence-electron chi connectivity index (χ1n) is 4.23. The highest BCUT2D eigenvalue weighted by molar-refractivity contribution is 7.22. The molecule has 80 valence electrons. The molecule has 0 saturated heterocycles. The van der Waals surface area contributed by atoms with E-state index in [2.05, 4.69) is 10.3 Å². The van der Waals surface area contributed by atoms with Crippen LogP contribution in [0, 0.1) is 5.82 Å². The van der Waals surface area contributed by atoms with E-state index in [0.717, 1.165) is 11.3 Å². The number of hydrogen-bond acceptors (Lipinski definition) is 3. The van der Waals surface area contributed by atoms with E-state index >= 15 is 0 Å². The Morgan fingerprint density at radius 1 is 1.40 bits per heavy atom. The van der Waals surface area contributed by atoms with Crippen molar-refractivity contribution < 1.29 is 13.2 Å². The van der Waals surface area contributed by atoms with Crippen molar-refractivity contribution in [2.24, 2.45) is 0 Å². The Morgan fingerprint density at radius 2 is 2.20 bits per heavy atom. The van der Waals surface area contributed by atoms with Crippen LogP contribution >= 0.6 is 11.3 Å². The van der Waals surface area contributed by atoms with Gasteiger partial charge in [0, 0.05) is 0 Å². The Labute approximate surface area is 87.7 Å². The van der Waals surface area contributed by atoms with Gasteiger partial charge in [-0.25, -0.2) is 18.2 Å². The van der Waals surface area contributed by atoms with Crippen LogP contribution in [0.4, 0.5) is 18.3 Å². The summed E-state index contributed by atoms with van der Waals surface area (Å²) in [5.74, 6) is -0.355. The number of thiazole rings is 1. The van der Waals surface area contributed by atoms with Crippen molar-refractivity contribution in [3.63, 3.8) is 0 Å². The third kappa shape index (κ3) is 2.38. The molecule has 2 nitrogen and oxygen atoms in total. The predicted octanol–water partition coefficient (Wildman–Crippen LogP) is 3.11. The maximum atomic E-state index is 12.8. The smallest absolute Gasteiger partial charge is 0.255 e. The number of alkyl halides is 2. The third-order valence-corrected chi connectivity index (χ3v) is 2.73. The molecule has 1 aromatic carbocycles.